The third kappa shape index (κ3) is 3.95. The number of nitrogens with zero attached hydrogens (tertiary/aromatic N) is 5. The highest BCUT2D eigenvalue weighted by Gasteiger charge is 2.29. The predicted molar refractivity (Wildman–Crippen MR) is 135 cm³/mol. The Bertz CT molecular complexity index is 1550. The summed E-state index contributed by atoms with van der Waals surface area (Å²) in [6.45, 7) is 1.39. The largest absolute Gasteiger partial charge is 0.497 e. The molecule has 0 aliphatic carbocycles. The van der Waals surface area contributed by atoms with Crippen molar-refractivity contribution >= 4 is 16.7 Å². The van der Waals surface area contributed by atoms with Gasteiger partial charge in [-0.15, -0.1) is 0 Å². The fourth-order valence-corrected chi connectivity index (χ4v) is 4.72. The van der Waals surface area contributed by atoms with Gasteiger partial charge in [-0.1, -0.05) is 47.6 Å². The first kappa shape index (κ1) is 21.9. The summed E-state index contributed by atoms with van der Waals surface area (Å²) in [5, 5.41) is 16.2. The van der Waals surface area contributed by atoms with E-state index in [4.69, 9.17) is 18.7 Å². The molecule has 0 spiro atoms. The van der Waals surface area contributed by atoms with Crippen LogP contribution < -0.4 is 9.64 Å². The van der Waals surface area contributed by atoms with E-state index in [9.17, 15) is 5.26 Å². The first-order valence-corrected chi connectivity index (χ1v) is 11.9. The second-order valence-electron chi connectivity index (χ2n) is 8.76. The Morgan fingerprint density at radius 2 is 1.75 bits per heavy atom. The first-order chi connectivity index (χ1) is 17.7. The summed E-state index contributed by atoms with van der Waals surface area (Å²) in [6, 6.07) is 23.9. The van der Waals surface area contributed by atoms with Crippen LogP contribution in [0.1, 0.15) is 30.3 Å². The Kier molecular flexibility index (Phi) is 5.58. The molecule has 3 heterocycles. The van der Waals surface area contributed by atoms with Crippen molar-refractivity contribution in [3.63, 3.8) is 0 Å². The lowest BCUT2D eigenvalue weighted by molar-refractivity contribution is 0.327. The minimum absolute atomic E-state index is 0.145. The van der Waals surface area contributed by atoms with Crippen LogP contribution in [0.4, 0.5) is 5.88 Å². The van der Waals surface area contributed by atoms with Gasteiger partial charge >= 0.3 is 0 Å². The van der Waals surface area contributed by atoms with Gasteiger partial charge in [-0.05, 0) is 47.9 Å². The van der Waals surface area contributed by atoms with Crippen molar-refractivity contribution in [2.45, 2.75) is 18.8 Å². The number of piperidine rings is 1. The number of aromatic nitrogens is 3. The molecule has 1 fully saturated rings. The van der Waals surface area contributed by atoms with Crippen LogP contribution in [-0.4, -0.2) is 35.3 Å². The van der Waals surface area contributed by atoms with Gasteiger partial charge in [0.2, 0.25) is 29.2 Å². The molecule has 0 unspecified atom stereocenters. The predicted octanol–water partition coefficient (Wildman–Crippen LogP) is 5.81. The van der Waals surface area contributed by atoms with E-state index in [1.165, 1.54) is 0 Å². The number of nitriles is 1. The van der Waals surface area contributed by atoms with Crippen LogP contribution in [0.2, 0.25) is 0 Å². The molecule has 0 N–H and O–H groups in total. The fourth-order valence-electron chi connectivity index (χ4n) is 4.72. The number of rotatable bonds is 5. The fraction of sp³-hybridized carbons (Fsp3) is 0.214. The van der Waals surface area contributed by atoms with Gasteiger partial charge < -0.3 is 18.6 Å². The maximum absolute atomic E-state index is 9.66. The normalized spacial score (nSPS) is 14.2. The number of hydrogen-bond acceptors (Lipinski definition) is 8. The van der Waals surface area contributed by atoms with Crippen molar-refractivity contribution in [3.05, 3.63) is 78.3 Å². The molecule has 1 saturated heterocycles. The van der Waals surface area contributed by atoms with Gasteiger partial charge in [0.1, 0.15) is 11.8 Å². The number of methoxy groups -OCH3 is 1. The molecule has 0 amide bonds. The Morgan fingerprint density at radius 3 is 2.53 bits per heavy atom. The lowest BCUT2D eigenvalue weighted by atomic mass is 9.96. The highest BCUT2D eigenvalue weighted by molar-refractivity contribution is 5.94. The summed E-state index contributed by atoms with van der Waals surface area (Å²) in [6.07, 6.45) is 1.61. The van der Waals surface area contributed by atoms with Crippen LogP contribution in [0, 0.1) is 11.3 Å². The summed E-state index contributed by atoms with van der Waals surface area (Å²) in [4.78, 5) is 11.2. The van der Waals surface area contributed by atoms with Gasteiger partial charge in [0.05, 0.1) is 7.11 Å². The molecular weight excluding hydrogens is 454 g/mol. The first-order valence-electron chi connectivity index (χ1n) is 11.9. The Morgan fingerprint density at radius 1 is 0.972 bits per heavy atom. The Labute approximate surface area is 207 Å². The minimum atomic E-state index is 0.145. The van der Waals surface area contributed by atoms with Gasteiger partial charge in [0, 0.05) is 30.1 Å². The number of fused-ring (bicyclic) bond motifs is 1. The summed E-state index contributed by atoms with van der Waals surface area (Å²) >= 11 is 0. The quantitative estimate of drug-likeness (QED) is 0.313. The molecular formula is C28H23N5O3. The summed E-state index contributed by atoms with van der Waals surface area (Å²) in [5.41, 5.74) is 2.04. The van der Waals surface area contributed by atoms with E-state index in [-0.39, 0.29) is 11.6 Å². The van der Waals surface area contributed by atoms with E-state index in [2.05, 4.69) is 39.3 Å². The molecule has 0 radical (unpaired) electrons. The lowest BCUT2D eigenvalue weighted by Gasteiger charge is -2.29. The maximum Gasteiger partial charge on any atom is 0.235 e. The molecule has 6 rings (SSSR count). The minimum Gasteiger partial charge on any atom is -0.497 e. The molecule has 1 aliphatic heterocycles. The number of anilines is 1. The van der Waals surface area contributed by atoms with E-state index in [0.717, 1.165) is 40.5 Å². The smallest absolute Gasteiger partial charge is 0.235 e. The zero-order valence-corrected chi connectivity index (χ0v) is 19.7. The Balaban J connectivity index is 1.18. The van der Waals surface area contributed by atoms with Crippen molar-refractivity contribution in [3.8, 4) is 34.7 Å². The van der Waals surface area contributed by atoms with Crippen LogP contribution in [0.15, 0.2) is 75.7 Å². The van der Waals surface area contributed by atoms with Crippen molar-refractivity contribution < 1.29 is 13.7 Å². The molecule has 8 heteroatoms. The van der Waals surface area contributed by atoms with E-state index in [1.807, 2.05) is 48.5 Å². The average molecular weight is 478 g/mol. The van der Waals surface area contributed by atoms with Crippen LogP contribution in [0.25, 0.3) is 33.6 Å². The van der Waals surface area contributed by atoms with E-state index in [0.29, 0.717) is 36.6 Å². The number of hydrogen-bond donors (Lipinski definition) is 0. The van der Waals surface area contributed by atoms with Gasteiger partial charge in [-0.25, -0.2) is 0 Å². The van der Waals surface area contributed by atoms with Gasteiger partial charge in [0.15, 0.2) is 0 Å². The number of ether oxygens (including phenoxy) is 1. The maximum atomic E-state index is 9.66. The molecule has 178 valence electrons. The molecule has 36 heavy (non-hydrogen) atoms. The molecule has 0 saturated carbocycles. The molecule has 5 aromatic rings. The number of oxazole rings is 1. The lowest BCUT2D eigenvalue weighted by Crippen LogP contribution is -2.33. The van der Waals surface area contributed by atoms with Crippen molar-refractivity contribution in [1.82, 2.24) is 15.1 Å². The molecule has 1 aliphatic rings. The molecule has 0 atom stereocenters. The second kappa shape index (κ2) is 9.19. The van der Waals surface area contributed by atoms with Crippen LogP contribution in [-0.2, 0) is 0 Å². The molecule has 2 aromatic heterocycles. The van der Waals surface area contributed by atoms with E-state index < -0.39 is 0 Å². The molecule has 3 aromatic carbocycles. The summed E-state index contributed by atoms with van der Waals surface area (Å²) in [5.74, 6) is 3.07. The standard InChI is InChI=1S/C28H23N5O3/c1-34-21-11-9-19(10-12-21)26-30-24(17-29)28(35-26)33-15-13-20(14-16-33)27-31-25(32-36-27)23-8-4-6-18-5-2-3-7-22(18)23/h2-12,20H,13-16H2,1H3. The zero-order valence-electron chi connectivity index (χ0n) is 19.7. The van der Waals surface area contributed by atoms with E-state index >= 15 is 0 Å². The van der Waals surface area contributed by atoms with Crippen molar-refractivity contribution in [2.24, 2.45) is 0 Å². The third-order valence-electron chi connectivity index (χ3n) is 6.66. The topological polar surface area (TPSA) is 101 Å². The van der Waals surface area contributed by atoms with Crippen LogP contribution in [0.3, 0.4) is 0 Å². The average Bonchev–Trinajstić information content (AvgIpc) is 3.61. The Hall–Kier alpha value is -4.64. The van der Waals surface area contributed by atoms with E-state index in [1.54, 1.807) is 7.11 Å². The van der Waals surface area contributed by atoms with Crippen LogP contribution >= 0.6 is 0 Å². The number of benzene rings is 3. The second-order valence-corrected chi connectivity index (χ2v) is 8.76. The van der Waals surface area contributed by atoms with Crippen molar-refractivity contribution in [1.29, 1.82) is 5.26 Å². The summed E-state index contributed by atoms with van der Waals surface area (Å²) in [7, 11) is 1.62. The molecule has 8 nitrogen and oxygen atoms in total. The molecule has 0 bridgehead atoms. The zero-order chi connectivity index (χ0) is 24.5. The monoisotopic (exact) mass is 477 g/mol. The SMILES string of the molecule is COc1ccc(-c2nc(C#N)c(N3CCC(c4nc(-c5cccc6ccccc56)no4)CC3)o2)cc1. The third-order valence-corrected chi connectivity index (χ3v) is 6.66. The highest BCUT2D eigenvalue weighted by atomic mass is 16.5. The highest BCUT2D eigenvalue weighted by Crippen LogP contribution is 2.35. The van der Waals surface area contributed by atoms with Crippen molar-refractivity contribution in [2.75, 3.05) is 25.1 Å². The van der Waals surface area contributed by atoms with Gasteiger partial charge in [0.25, 0.3) is 0 Å². The van der Waals surface area contributed by atoms with Gasteiger partial charge in [-0.3, -0.25) is 0 Å². The van der Waals surface area contributed by atoms with Gasteiger partial charge in [-0.2, -0.15) is 15.2 Å². The van der Waals surface area contributed by atoms with Crippen LogP contribution in [0.5, 0.6) is 5.75 Å². The summed E-state index contributed by atoms with van der Waals surface area (Å²) < 4.78 is 17.0.